The Morgan fingerprint density at radius 1 is 1.10 bits per heavy atom. The molecule has 0 saturated heterocycles. The van der Waals surface area contributed by atoms with E-state index in [0.717, 1.165) is 11.1 Å². The first kappa shape index (κ1) is 13.4. The summed E-state index contributed by atoms with van der Waals surface area (Å²) in [5, 5.41) is 0.672. The van der Waals surface area contributed by atoms with Gasteiger partial charge in [0.2, 0.25) is 0 Å². The highest BCUT2D eigenvalue weighted by Crippen LogP contribution is 2.24. The summed E-state index contributed by atoms with van der Waals surface area (Å²) in [4.78, 5) is 4.27. The molecule has 20 heavy (non-hydrogen) atoms. The van der Waals surface area contributed by atoms with Crippen LogP contribution in [0.3, 0.4) is 0 Å². The number of halogens is 3. The number of fused-ring (bicyclic) bond motifs is 1. The van der Waals surface area contributed by atoms with E-state index in [1.807, 2.05) is 34.9 Å². The summed E-state index contributed by atoms with van der Waals surface area (Å²) in [5.74, 6) is 0.511. The molecule has 0 bridgehead atoms. The number of aromatic nitrogens is 2. The molecule has 0 atom stereocenters. The van der Waals surface area contributed by atoms with Crippen LogP contribution >= 0.6 is 23.2 Å². The highest BCUT2D eigenvalue weighted by atomic mass is 35.5. The number of hydrogen-bond donors (Lipinski definition) is 0. The number of benzene rings is 2. The minimum atomic E-state index is -0.341. The number of para-hydroxylation sites is 1. The molecule has 1 heterocycles. The van der Waals surface area contributed by atoms with Crippen LogP contribution in [0.1, 0.15) is 11.4 Å². The molecule has 2 aromatic carbocycles. The Labute approximate surface area is 125 Å². The maximum absolute atomic E-state index is 13.8. The van der Waals surface area contributed by atoms with Gasteiger partial charge in [-0.25, -0.2) is 9.37 Å². The maximum atomic E-state index is 13.8. The van der Waals surface area contributed by atoms with Crippen molar-refractivity contribution in [3.63, 3.8) is 0 Å². The van der Waals surface area contributed by atoms with Gasteiger partial charge in [-0.3, -0.25) is 0 Å². The summed E-state index contributed by atoms with van der Waals surface area (Å²) in [6.07, 6.45) is 0. The zero-order valence-electron chi connectivity index (χ0n) is 10.5. The molecule has 0 spiro atoms. The molecule has 0 unspecified atom stereocenters. The Balaban J connectivity index is 2.15. The van der Waals surface area contributed by atoms with Crippen LogP contribution in [0.15, 0.2) is 42.5 Å². The summed E-state index contributed by atoms with van der Waals surface area (Å²) in [6.45, 7) is 0.516. The van der Waals surface area contributed by atoms with Crippen LogP contribution in [0.4, 0.5) is 4.39 Å². The average Bonchev–Trinajstić information content (AvgIpc) is 2.81. The number of imidazole rings is 1. The summed E-state index contributed by atoms with van der Waals surface area (Å²) < 4.78 is 15.7. The molecular formula is C15H11Cl2FN2. The third-order valence-electron chi connectivity index (χ3n) is 3.21. The van der Waals surface area contributed by atoms with Crippen molar-refractivity contribution in [2.24, 2.45) is 0 Å². The van der Waals surface area contributed by atoms with Crippen molar-refractivity contribution in [2.45, 2.75) is 12.4 Å². The lowest BCUT2D eigenvalue weighted by molar-refractivity contribution is 0.637. The Kier molecular flexibility index (Phi) is 3.64. The molecule has 3 rings (SSSR count). The minimum absolute atomic E-state index is 0.221. The van der Waals surface area contributed by atoms with Crippen LogP contribution in [0, 0.1) is 5.82 Å². The predicted molar refractivity (Wildman–Crippen MR) is 79.8 cm³/mol. The zero-order chi connectivity index (χ0) is 14.1. The normalized spacial score (nSPS) is 11.2. The first-order valence-electron chi connectivity index (χ1n) is 6.13. The van der Waals surface area contributed by atoms with Crippen LogP contribution in [0.25, 0.3) is 11.0 Å². The number of rotatable bonds is 3. The van der Waals surface area contributed by atoms with Crippen molar-refractivity contribution in [1.82, 2.24) is 9.55 Å². The fourth-order valence-corrected chi connectivity index (χ4v) is 2.64. The fourth-order valence-electron chi connectivity index (χ4n) is 2.24. The second-order valence-corrected chi connectivity index (χ2v) is 5.12. The van der Waals surface area contributed by atoms with Crippen LogP contribution in [-0.2, 0) is 12.4 Å². The molecule has 5 heteroatoms. The summed E-state index contributed by atoms with van der Waals surface area (Å²) in [6, 6.07) is 12.5. The summed E-state index contributed by atoms with van der Waals surface area (Å²) in [7, 11) is 0. The Morgan fingerprint density at radius 3 is 2.65 bits per heavy atom. The first-order chi connectivity index (χ1) is 9.70. The minimum Gasteiger partial charge on any atom is -0.322 e. The molecule has 0 aliphatic heterocycles. The van der Waals surface area contributed by atoms with E-state index in [-0.39, 0.29) is 11.7 Å². The van der Waals surface area contributed by atoms with Crippen LogP contribution in [0.5, 0.6) is 0 Å². The fraction of sp³-hybridized carbons (Fsp3) is 0.133. The van der Waals surface area contributed by atoms with Crippen molar-refractivity contribution in [1.29, 1.82) is 0 Å². The van der Waals surface area contributed by atoms with Gasteiger partial charge in [-0.05, 0) is 23.8 Å². The molecule has 0 N–H and O–H groups in total. The van der Waals surface area contributed by atoms with E-state index in [1.54, 1.807) is 6.07 Å². The number of alkyl halides is 1. The topological polar surface area (TPSA) is 17.8 Å². The summed E-state index contributed by atoms with van der Waals surface area (Å²) in [5.41, 5.74) is 2.01. The van der Waals surface area contributed by atoms with Crippen LogP contribution < -0.4 is 0 Å². The van der Waals surface area contributed by atoms with Crippen molar-refractivity contribution in [3.8, 4) is 0 Å². The quantitative estimate of drug-likeness (QED) is 0.646. The molecule has 0 aliphatic rings. The SMILES string of the molecule is Fc1cccc2c1nc(CCl)n2Cc1ccccc1Cl. The molecule has 0 radical (unpaired) electrons. The zero-order valence-corrected chi connectivity index (χ0v) is 12.0. The number of nitrogens with zero attached hydrogens (tertiary/aromatic N) is 2. The number of hydrogen-bond acceptors (Lipinski definition) is 1. The first-order valence-corrected chi connectivity index (χ1v) is 7.05. The highest BCUT2D eigenvalue weighted by molar-refractivity contribution is 6.31. The van der Waals surface area contributed by atoms with Crippen molar-refractivity contribution >= 4 is 34.2 Å². The van der Waals surface area contributed by atoms with E-state index in [2.05, 4.69) is 4.98 Å². The maximum Gasteiger partial charge on any atom is 0.151 e. The third kappa shape index (κ3) is 2.28. The summed E-state index contributed by atoms with van der Waals surface area (Å²) >= 11 is 12.1. The third-order valence-corrected chi connectivity index (χ3v) is 3.82. The average molecular weight is 309 g/mol. The molecule has 2 nitrogen and oxygen atoms in total. The van der Waals surface area contributed by atoms with Crippen molar-refractivity contribution in [3.05, 3.63) is 64.7 Å². The van der Waals surface area contributed by atoms with Gasteiger partial charge in [0, 0.05) is 5.02 Å². The molecule has 1 aromatic heterocycles. The van der Waals surface area contributed by atoms with E-state index >= 15 is 0 Å². The van der Waals surface area contributed by atoms with Gasteiger partial charge in [0.15, 0.2) is 5.82 Å². The predicted octanol–water partition coefficient (Wildman–Crippen LogP) is 4.62. The highest BCUT2D eigenvalue weighted by Gasteiger charge is 2.14. The van der Waals surface area contributed by atoms with E-state index < -0.39 is 0 Å². The second kappa shape index (κ2) is 5.43. The van der Waals surface area contributed by atoms with E-state index in [9.17, 15) is 4.39 Å². The van der Waals surface area contributed by atoms with Gasteiger partial charge < -0.3 is 4.57 Å². The van der Waals surface area contributed by atoms with Gasteiger partial charge in [0.25, 0.3) is 0 Å². The Hall–Kier alpha value is -1.58. The largest absolute Gasteiger partial charge is 0.322 e. The van der Waals surface area contributed by atoms with E-state index in [1.165, 1.54) is 6.07 Å². The van der Waals surface area contributed by atoms with Crippen LogP contribution in [0.2, 0.25) is 5.02 Å². The Morgan fingerprint density at radius 2 is 1.90 bits per heavy atom. The molecular weight excluding hydrogens is 298 g/mol. The molecule has 0 fully saturated rings. The van der Waals surface area contributed by atoms with Crippen molar-refractivity contribution < 1.29 is 4.39 Å². The lowest BCUT2D eigenvalue weighted by Gasteiger charge is -2.09. The van der Waals surface area contributed by atoms with Crippen molar-refractivity contribution in [2.75, 3.05) is 0 Å². The lowest BCUT2D eigenvalue weighted by Crippen LogP contribution is -2.04. The molecule has 3 aromatic rings. The van der Waals surface area contributed by atoms with Gasteiger partial charge in [-0.15, -0.1) is 11.6 Å². The van der Waals surface area contributed by atoms with Gasteiger partial charge in [-0.2, -0.15) is 0 Å². The smallest absolute Gasteiger partial charge is 0.151 e. The molecule has 102 valence electrons. The van der Waals surface area contributed by atoms with Crippen LogP contribution in [-0.4, -0.2) is 9.55 Å². The van der Waals surface area contributed by atoms with Gasteiger partial charge in [-0.1, -0.05) is 35.9 Å². The van der Waals surface area contributed by atoms with Gasteiger partial charge in [0.1, 0.15) is 11.3 Å². The monoisotopic (exact) mass is 308 g/mol. The Bertz CT molecular complexity index is 768. The van der Waals surface area contributed by atoms with Gasteiger partial charge >= 0.3 is 0 Å². The van der Waals surface area contributed by atoms with E-state index in [4.69, 9.17) is 23.2 Å². The molecule has 0 amide bonds. The lowest BCUT2D eigenvalue weighted by atomic mass is 10.2. The standard InChI is InChI=1S/C15H11Cl2FN2/c16-8-14-19-15-12(18)6-3-7-13(15)20(14)9-10-4-1-2-5-11(10)17/h1-7H,8-9H2. The van der Waals surface area contributed by atoms with Gasteiger partial charge in [0.05, 0.1) is 17.9 Å². The van der Waals surface area contributed by atoms with E-state index in [0.29, 0.717) is 22.9 Å². The second-order valence-electron chi connectivity index (χ2n) is 4.45. The molecule has 0 saturated carbocycles. The molecule has 0 aliphatic carbocycles.